The minimum absolute atomic E-state index is 0.302. The van der Waals surface area contributed by atoms with Gasteiger partial charge in [0.2, 0.25) is 0 Å². The Bertz CT molecular complexity index is 794. The summed E-state index contributed by atoms with van der Waals surface area (Å²) >= 11 is 0. The van der Waals surface area contributed by atoms with E-state index >= 15 is 0 Å². The first-order chi connectivity index (χ1) is 14.2. The maximum atomic E-state index is 13.2. The fourth-order valence-electron chi connectivity index (χ4n) is 3.18. The summed E-state index contributed by atoms with van der Waals surface area (Å²) in [5, 5.41) is 6.57. The van der Waals surface area contributed by atoms with Crippen LogP contribution >= 0.6 is 0 Å². The van der Waals surface area contributed by atoms with Gasteiger partial charge in [-0.15, -0.1) is 0 Å². The van der Waals surface area contributed by atoms with Crippen molar-refractivity contribution in [3.8, 4) is 5.75 Å². The molecule has 0 bridgehead atoms. The van der Waals surface area contributed by atoms with Crippen LogP contribution in [0.3, 0.4) is 0 Å². The van der Waals surface area contributed by atoms with E-state index in [1.165, 1.54) is 23.3 Å². The van der Waals surface area contributed by atoms with E-state index in [2.05, 4.69) is 44.8 Å². The van der Waals surface area contributed by atoms with E-state index < -0.39 is 0 Å². The van der Waals surface area contributed by atoms with Gasteiger partial charge in [-0.25, -0.2) is 4.39 Å². The van der Waals surface area contributed by atoms with Crippen LogP contribution < -0.4 is 15.4 Å². The number of aliphatic imine (C=N–C) groups is 1. The number of guanidine groups is 1. The number of rotatable bonds is 8. The number of morpholine rings is 1. The lowest BCUT2D eigenvalue weighted by Crippen LogP contribution is -2.39. The molecule has 2 aromatic rings. The molecule has 6 nitrogen and oxygen atoms in total. The van der Waals surface area contributed by atoms with Crippen LogP contribution in [0, 0.1) is 5.82 Å². The van der Waals surface area contributed by atoms with Gasteiger partial charge < -0.3 is 20.1 Å². The predicted molar refractivity (Wildman–Crippen MR) is 113 cm³/mol. The highest BCUT2D eigenvalue weighted by molar-refractivity contribution is 5.79. The molecule has 0 aliphatic carbocycles. The van der Waals surface area contributed by atoms with Crippen LogP contribution in [0.15, 0.2) is 53.5 Å². The first-order valence-electron chi connectivity index (χ1n) is 9.94. The molecule has 0 aromatic heterocycles. The third kappa shape index (κ3) is 7.03. The lowest BCUT2D eigenvalue weighted by atomic mass is 10.1. The van der Waals surface area contributed by atoms with Gasteiger partial charge in [0, 0.05) is 39.3 Å². The fourth-order valence-corrected chi connectivity index (χ4v) is 3.18. The molecule has 1 aliphatic heterocycles. The van der Waals surface area contributed by atoms with Crippen LogP contribution in [0.25, 0.3) is 0 Å². The molecule has 3 rings (SSSR count). The smallest absolute Gasteiger partial charge is 0.191 e. The van der Waals surface area contributed by atoms with Crippen molar-refractivity contribution in [1.29, 1.82) is 0 Å². The van der Waals surface area contributed by atoms with E-state index in [-0.39, 0.29) is 5.82 Å². The molecule has 156 valence electrons. The molecule has 1 heterocycles. The largest absolute Gasteiger partial charge is 0.492 e. The average molecular weight is 400 g/mol. The van der Waals surface area contributed by atoms with Gasteiger partial charge in [0.15, 0.2) is 5.96 Å². The van der Waals surface area contributed by atoms with Crippen LogP contribution in [-0.4, -0.2) is 57.4 Å². The molecule has 2 N–H and O–H groups in total. The molecule has 0 saturated carbocycles. The second kappa shape index (κ2) is 11.4. The van der Waals surface area contributed by atoms with Crippen molar-refractivity contribution in [2.24, 2.45) is 4.99 Å². The van der Waals surface area contributed by atoms with Gasteiger partial charge in [-0.3, -0.25) is 9.89 Å². The standard InChI is InChI=1S/C22H29FN4O2/c1-24-22(25-9-12-29-21-8-4-7-20(23)15-21)26-16-18-5-2-3-6-19(18)17-27-10-13-28-14-11-27/h2-8,15H,9-14,16-17H2,1H3,(H2,24,25,26). The molecule has 7 heteroatoms. The van der Waals surface area contributed by atoms with Crippen molar-refractivity contribution in [3.63, 3.8) is 0 Å². The van der Waals surface area contributed by atoms with Crippen LogP contribution in [0.2, 0.25) is 0 Å². The minimum Gasteiger partial charge on any atom is -0.492 e. The Morgan fingerprint density at radius 3 is 2.66 bits per heavy atom. The second-order valence-corrected chi connectivity index (χ2v) is 6.82. The van der Waals surface area contributed by atoms with E-state index in [1.54, 1.807) is 19.2 Å². The zero-order chi connectivity index (χ0) is 20.3. The van der Waals surface area contributed by atoms with Crippen molar-refractivity contribution < 1.29 is 13.9 Å². The van der Waals surface area contributed by atoms with E-state index in [0.29, 0.717) is 31.4 Å². The van der Waals surface area contributed by atoms with Gasteiger partial charge in [-0.1, -0.05) is 30.3 Å². The van der Waals surface area contributed by atoms with Gasteiger partial charge in [0.05, 0.1) is 19.8 Å². The fraction of sp³-hybridized carbons (Fsp3) is 0.409. The SMILES string of the molecule is CN=C(NCCOc1cccc(F)c1)NCc1ccccc1CN1CCOCC1. The summed E-state index contributed by atoms with van der Waals surface area (Å²) < 4.78 is 24.1. The highest BCUT2D eigenvalue weighted by atomic mass is 19.1. The third-order valence-electron chi connectivity index (χ3n) is 4.75. The van der Waals surface area contributed by atoms with Crippen LogP contribution in [0.1, 0.15) is 11.1 Å². The Hall–Kier alpha value is -2.64. The molecule has 0 unspecified atom stereocenters. The first kappa shape index (κ1) is 21.1. The lowest BCUT2D eigenvalue weighted by molar-refractivity contribution is 0.0341. The predicted octanol–water partition coefficient (Wildman–Crippen LogP) is 2.40. The molecule has 0 atom stereocenters. The first-order valence-corrected chi connectivity index (χ1v) is 9.94. The molecule has 0 spiro atoms. The van der Waals surface area contributed by atoms with Crippen LogP contribution in [0.5, 0.6) is 5.75 Å². The maximum absolute atomic E-state index is 13.2. The summed E-state index contributed by atoms with van der Waals surface area (Å²) in [6, 6.07) is 14.6. The summed E-state index contributed by atoms with van der Waals surface area (Å²) in [7, 11) is 1.74. The Labute approximate surface area is 171 Å². The monoisotopic (exact) mass is 400 g/mol. The quantitative estimate of drug-likeness (QED) is 0.405. The maximum Gasteiger partial charge on any atom is 0.191 e. The molecular formula is C22H29FN4O2. The molecule has 1 saturated heterocycles. The van der Waals surface area contributed by atoms with Crippen LogP contribution in [0.4, 0.5) is 4.39 Å². The van der Waals surface area contributed by atoms with E-state index in [0.717, 1.165) is 32.8 Å². The van der Waals surface area contributed by atoms with Gasteiger partial charge in [0.25, 0.3) is 0 Å². The molecule has 0 amide bonds. The van der Waals surface area contributed by atoms with Crippen molar-refractivity contribution in [1.82, 2.24) is 15.5 Å². The molecular weight excluding hydrogens is 371 g/mol. The number of ether oxygens (including phenoxy) is 2. The number of halogens is 1. The Morgan fingerprint density at radius 1 is 1.10 bits per heavy atom. The van der Waals surface area contributed by atoms with Crippen LogP contribution in [-0.2, 0) is 17.8 Å². The van der Waals surface area contributed by atoms with Gasteiger partial charge in [0.1, 0.15) is 18.2 Å². The number of nitrogens with zero attached hydrogens (tertiary/aromatic N) is 2. The average Bonchev–Trinajstić information content (AvgIpc) is 2.75. The topological polar surface area (TPSA) is 58.1 Å². The summed E-state index contributed by atoms with van der Waals surface area (Å²) in [6.07, 6.45) is 0. The van der Waals surface area contributed by atoms with E-state index in [1.807, 2.05) is 0 Å². The van der Waals surface area contributed by atoms with E-state index in [4.69, 9.17) is 9.47 Å². The second-order valence-electron chi connectivity index (χ2n) is 6.82. The summed E-state index contributed by atoms with van der Waals surface area (Å²) in [5.41, 5.74) is 2.56. The molecule has 0 radical (unpaired) electrons. The summed E-state index contributed by atoms with van der Waals surface area (Å²) in [6.45, 7) is 6.12. The van der Waals surface area contributed by atoms with Gasteiger partial charge in [-0.2, -0.15) is 0 Å². The molecule has 1 aliphatic rings. The number of hydrogen-bond acceptors (Lipinski definition) is 4. The molecule has 1 fully saturated rings. The summed E-state index contributed by atoms with van der Waals surface area (Å²) in [5.74, 6) is 0.921. The molecule has 29 heavy (non-hydrogen) atoms. The van der Waals surface area contributed by atoms with Gasteiger partial charge >= 0.3 is 0 Å². The Kier molecular flexibility index (Phi) is 8.27. The zero-order valence-electron chi connectivity index (χ0n) is 16.9. The Balaban J connectivity index is 1.44. The number of benzene rings is 2. The van der Waals surface area contributed by atoms with E-state index in [9.17, 15) is 4.39 Å². The minimum atomic E-state index is -0.302. The van der Waals surface area contributed by atoms with Crippen molar-refractivity contribution in [2.75, 3.05) is 46.5 Å². The number of hydrogen-bond donors (Lipinski definition) is 2. The summed E-state index contributed by atoms with van der Waals surface area (Å²) in [4.78, 5) is 6.67. The molecule has 2 aromatic carbocycles. The third-order valence-corrected chi connectivity index (χ3v) is 4.75. The van der Waals surface area contributed by atoms with Gasteiger partial charge in [-0.05, 0) is 23.3 Å². The lowest BCUT2D eigenvalue weighted by Gasteiger charge is -2.27. The highest BCUT2D eigenvalue weighted by Gasteiger charge is 2.12. The van der Waals surface area contributed by atoms with Crippen molar-refractivity contribution >= 4 is 5.96 Å². The highest BCUT2D eigenvalue weighted by Crippen LogP contribution is 2.13. The Morgan fingerprint density at radius 2 is 1.90 bits per heavy atom. The zero-order valence-corrected chi connectivity index (χ0v) is 16.9. The van der Waals surface area contributed by atoms with Crippen molar-refractivity contribution in [2.45, 2.75) is 13.1 Å². The number of nitrogens with one attached hydrogen (secondary N) is 2. The van der Waals surface area contributed by atoms with Crippen molar-refractivity contribution in [3.05, 3.63) is 65.5 Å². The normalized spacial score (nSPS) is 15.2.